The van der Waals surface area contributed by atoms with Gasteiger partial charge in [0.2, 0.25) is 0 Å². The fourth-order valence-electron chi connectivity index (χ4n) is 2.54. The Morgan fingerprint density at radius 3 is 2.32 bits per heavy atom. The first kappa shape index (κ1) is 16.7. The zero-order valence-electron chi connectivity index (χ0n) is 14.4. The molecule has 3 rings (SSSR count). The molecule has 1 amide bonds. The first-order valence-electron chi connectivity index (χ1n) is 8.34. The Morgan fingerprint density at radius 2 is 1.68 bits per heavy atom. The van der Waals surface area contributed by atoms with Gasteiger partial charge in [0.05, 0.1) is 11.9 Å². The molecule has 0 unspecified atom stereocenters. The molecule has 3 aromatic rings. The summed E-state index contributed by atoms with van der Waals surface area (Å²) in [5.74, 6) is 0.605. The maximum absolute atomic E-state index is 12.3. The van der Waals surface area contributed by atoms with Gasteiger partial charge in [-0.3, -0.25) is 4.79 Å². The van der Waals surface area contributed by atoms with Crippen molar-refractivity contribution in [2.24, 2.45) is 0 Å². The maximum Gasteiger partial charge on any atom is 0.255 e. The number of nitrogens with zero attached hydrogens (tertiary/aromatic N) is 1. The second-order valence-electron chi connectivity index (χ2n) is 5.88. The summed E-state index contributed by atoms with van der Waals surface area (Å²) in [6.45, 7) is 4.05. The molecule has 0 saturated carbocycles. The molecule has 0 aliphatic rings. The number of amides is 1. The highest BCUT2D eigenvalue weighted by Crippen LogP contribution is 2.18. The molecule has 0 fully saturated rings. The quantitative estimate of drug-likeness (QED) is 0.695. The lowest BCUT2D eigenvalue weighted by Crippen LogP contribution is -2.13. The van der Waals surface area contributed by atoms with Crippen LogP contribution in [0.2, 0.25) is 0 Å². The summed E-state index contributed by atoms with van der Waals surface area (Å²) < 4.78 is 0. The average Bonchev–Trinajstić information content (AvgIpc) is 2.64. The first-order chi connectivity index (χ1) is 12.2. The molecule has 0 aliphatic carbocycles. The number of hydrogen-bond acceptors (Lipinski definition) is 3. The molecule has 2 N–H and O–H groups in total. The topological polar surface area (TPSA) is 54.0 Å². The minimum Gasteiger partial charge on any atom is -0.340 e. The van der Waals surface area contributed by atoms with Gasteiger partial charge in [0.15, 0.2) is 0 Å². The second-order valence-corrected chi connectivity index (χ2v) is 5.88. The Balaban J connectivity index is 1.65. The standard InChI is InChI=1S/C21H21N3O/c1-3-16-8-10-17(11-9-16)23-20-13-12-18(14-22-20)24-21(25)19-7-5-4-6-15(19)2/h4-14H,3H2,1-2H3,(H,22,23)(H,24,25). The van der Waals surface area contributed by atoms with E-state index in [0.29, 0.717) is 11.3 Å². The van der Waals surface area contributed by atoms with Gasteiger partial charge in [-0.15, -0.1) is 0 Å². The Kier molecular flexibility index (Phi) is 5.09. The van der Waals surface area contributed by atoms with Gasteiger partial charge in [-0.05, 0) is 54.8 Å². The molecule has 2 aromatic carbocycles. The van der Waals surface area contributed by atoms with Crippen molar-refractivity contribution in [1.29, 1.82) is 0 Å². The van der Waals surface area contributed by atoms with Crippen LogP contribution in [0.1, 0.15) is 28.4 Å². The molecule has 0 atom stereocenters. The SMILES string of the molecule is CCc1ccc(Nc2ccc(NC(=O)c3ccccc3C)cn2)cc1. The van der Waals surface area contributed by atoms with Crippen LogP contribution in [0.15, 0.2) is 66.9 Å². The van der Waals surface area contributed by atoms with Gasteiger partial charge in [-0.1, -0.05) is 37.3 Å². The lowest BCUT2D eigenvalue weighted by Gasteiger charge is -2.09. The van der Waals surface area contributed by atoms with Crippen LogP contribution in [-0.2, 0) is 6.42 Å². The van der Waals surface area contributed by atoms with Crippen LogP contribution in [-0.4, -0.2) is 10.9 Å². The number of aromatic nitrogens is 1. The number of anilines is 3. The van der Waals surface area contributed by atoms with Crippen molar-refractivity contribution >= 4 is 23.1 Å². The molecular formula is C21H21N3O. The molecule has 0 saturated heterocycles. The summed E-state index contributed by atoms with van der Waals surface area (Å²) >= 11 is 0. The Morgan fingerprint density at radius 1 is 0.960 bits per heavy atom. The summed E-state index contributed by atoms with van der Waals surface area (Å²) in [7, 11) is 0. The average molecular weight is 331 g/mol. The van der Waals surface area contributed by atoms with Gasteiger partial charge in [0, 0.05) is 11.3 Å². The lowest BCUT2D eigenvalue weighted by molar-refractivity contribution is 0.102. The van der Waals surface area contributed by atoms with Crippen molar-refractivity contribution in [3.63, 3.8) is 0 Å². The molecule has 1 heterocycles. The Bertz CT molecular complexity index is 855. The van der Waals surface area contributed by atoms with Gasteiger partial charge >= 0.3 is 0 Å². The van der Waals surface area contributed by atoms with Crippen LogP contribution in [0.5, 0.6) is 0 Å². The summed E-state index contributed by atoms with van der Waals surface area (Å²) in [5, 5.41) is 6.13. The number of nitrogens with one attached hydrogen (secondary N) is 2. The minimum absolute atomic E-state index is 0.129. The molecule has 126 valence electrons. The molecule has 0 bridgehead atoms. The van der Waals surface area contributed by atoms with Crippen molar-refractivity contribution in [2.45, 2.75) is 20.3 Å². The van der Waals surface area contributed by atoms with Crippen LogP contribution >= 0.6 is 0 Å². The zero-order chi connectivity index (χ0) is 17.6. The van der Waals surface area contributed by atoms with Crippen LogP contribution in [0.25, 0.3) is 0 Å². The number of rotatable bonds is 5. The van der Waals surface area contributed by atoms with Crippen molar-refractivity contribution in [1.82, 2.24) is 4.98 Å². The Hall–Kier alpha value is -3.14. The van der Waals surface area contributed by atoms with Crippen molar-refractivity contribution in [3.8, 4) is 0 Å². The summed E-state index contributed by atoms with van der Waals surface area (Å²) in [4.78, 5) is 16.7. The van der Waals surface area contributed by atoms with Crippen LogP contribution in [0, 0.1) is 6.92 Å². The van der Waals surface area contributed by atoms with E-state index in [2.05, 4.69) is 34.7 Å². The van der Waals surface area contributed by atoms with Gasteiger partial charge in [0.1, 0.15) is 5.82 Å². The highest BCUT2D eigenvalue weighted by atomic mass is 16.1. The second kappa shape index (κ2) is 7.62. The summed E-state index contributed by atoms with van der Waals surface area (Å²) in [6, 6.07) is 19.5. The fourth-order valence-corrected chi connectivity index (χ4v) is 2.54. The predicted molar refractivity (Wildman–Crippen MR) is 102 cm³/mol. The molecule has 0 radical (unpaired) electrons. The molecule has 25 heavy (non-hydrogen) atoms. The number of benzene rings is 2. The molecule has 4 nitrogen and oxygen atoms in total. The van der Waals surface area contributed by atoms with E-state index in [1.807, 2.05) is 55.5 Å². The van der Waals surface area contributed by atoms with E-state index in [4.69, 9.17) is 0 Å². The largest absolute Gasteiger partial charge is 0.340 e. The van der Waals surface area contributed by atoms with Crippen molar-refractivity contribution in [2.75, 3.05) is 10.6 Å². The van der Waals surface area contributed by atoms with Gasteiger partial charge in [-0.25, -0.2) is 4.98 Å². The number of pyridine rings is 1. The lowest BCUT2D eigenvalue weighted by atomic mass is 10.1. The van der Waals surface area contributed by atoms with Crippen LogP contribution in [0.3, 0.4) is 0 Å². The third-order valence-electron chi connectivity index (χ3n) is 4.05. The molecule has 4 heteroatoms. The molecule has 0 aliphatic heterocycles. The molecular weight excluding hydrogens is 310 g/mol. The van der Waals surface area contributed by atoms with Crippen molar-refractivity contribution in [3.05, 3.63) is 83.6 Å². The predicted octanol–water partition coefficient (Wildman–Crippen LogP) is 4.95. The van der Waals surface area contributed by atoms with E-state index < -0.39 is 0 Å². The number of aryl methyl sites for hydroxylation is 2. The number of carbonyl (C=O) groups excluding carboxylic acids is 1. The Labute approximate surface area is 147 Å². The van der Waals surface area contributed by atoms with E-state index in [1.165, 1.54) is 5.56 Å². The van der Waals surface area contributed by atoms with E-state index in [0.717, 1.165) is 23.5 Å². The smallest absolute Gasteiger partial charge is 0.255 e. The highest BCUT2D eigenvalue weighted by Gasteiger charge is 2.08. The molecule has 0 spiro atoms. The maximum atomic E-state index is 12.3. The van der Waals surface area contributed by atoms with Gasteiger partial charge in [-0.2, -0.15) is 0 Å². The van der Waals surface area contributed by atoms with Crippen LogP contribution in [0.4, 0.5) is 17.2 Å². The third kappa shape index (κ3) is 4.23. The third-order valence-corrected chi connectivity index (χ3v) is 4.05. The van der Waals surface area contributed by atoms with E-state index >= 15 is 0 Å². The number of hydrogen-bond donors (Lipinski definition) is 2. The molecule has 1 aromatic heterocycles. The van der Waals surface area contributed by atoms with E-state index in [-0.39, 0.29) is 5.91 Å². The van der Waals surface area contributed by atoms with E-state index in [9.17, 15) is 4.79 Å². The van der Waals surface area contributed by atoms with Crippen LogP contribution < -0.4 is 10.6 Å². The van der Waals surface area contributed by atoms with E-state index in [1.54, 1.807) is 6.20 Å². The fraction of sp³-hybridized carbons (Fsp3) is 0.143. The summed E-state index contributed by atoms with van der Waals surface area (Å²) in [6.07, 6.45) is 2.67. The summed E-state index contributed by atoms with van der Waals surface area (Å²) in [5.41, 5.74) is 4.57. The normalized spacial score (nSPS) is 10.3. The van der Waals surface area contributed by atoms with Gasteiger partial charge < -0.3 is 10.6 Å². The van der Waals surface area contributed by atoms with Crippen molar-refractivity contribution < 1.29 is 4.79 Å². The number of carbonyl (C=O) groups is 1. The first-order valence-corrected chi connectivity index (χ1v) is 8.34. The van der Waals surface area contributed by atoms with Gasteiger partial charge in [0.25, 0.3) is 5.91 Å². The highest BCUT2D eigenvalue weighted by molar-refractivity contribution is 6.05. The monoisotopic (exact) mass is 331 g/mol. The minimum atomic E-state index is -0.129. The zero-order valence-corrected chi connectivity index (χ0v) is 14.4.